The number of benzene rings is 1. The summed E-state index contributed by atoms with van der Waals surface area (Å²) in [7, 11) is 2.11. The number of aliphatic hydroxyl groups is 3. The Morgan fingerprint density at radius 3 is 2.73 bits per heavy atom. The van der Waals surface area contributed by atoms with Crippen molar-refractivity contribution in [3.63, 3.8) is 0 Å². The first-order valence-electron chi connectivity index (χ1n) is 11.2. The highest BCUT2D eigenvalue weighted by molar-refractivity contribution is 5.73. The Morgan fingerprint density at radius 1 is 1.18 bits per heavy atom. The van der Waals surface area contributed by atoms with Crippen LogP contribution in [0.5, 0.6) is 11.5 Å². The zero-order valence-corrected chi connectivity index (χ0v) is 17.9. The monoisotopic (exact) mass is 461 g/mol. The zero-order valence-electron chi connectivity index (χ0n) is 17.9. The molecule has 1 aromatic carbocycles. The lowest BCUT2D eigenvalue weighted by Crippen LogP contribution is -2.66. The van der Waals surface area contributed by atoms with E-state index in [0.29, 0.717) is 5.75 Å². The average molecular weight is 461 g/mol. The van der Waals surface area contributed by atoms with Gasteiger partial charge in [0.25, 0.3) is 0 Å². The molecule has 0 saturated carbocycles. The van der Waals surface area contributed by atoms with Crippen molar-refractivity contribution < 1.29 is 44.5 Å². The fourth-order valence-electron chi connectivity index (χ4n) is 6.66. The molecule has 0 amide bonds. The number of piperidine rings is 1. The number of likely N-dealkylation sites (tertiary alicyclic amines) is 1. The lowest BCUT2D eigenvalue weighted by molar-refractivity contribution is -0.307. The van der Waals surface area contributed by atoms with Gasteiger partial charge < -0.3 is 44.6 Å². The largest absolute Gasteiger partial charge is 0.504 e. The highest BCUT2D eigenvalue weighted by Gasteiger charge is 2.65. The maximum Gasteiger partial charge on any atom is 0.335 e. The van der Waals surface area contributed by atoms with Crippen molar-refractivity contribution in [2.24, 2.45) is 5.92 Å². The molecule has 6 rings (SSSR count). The van der Waals surface area contributed by atoms with Crippen LogP contribution in [0.3, 0.4) is 0 Å². The highest BCUT2D eigenvalue weighted by Crippen LogP contribution is 2.62. The van der Waals surface area contributed by atoms with Crippen LogP contribution in [-0.2, 0) is 26.1 Å². The standard InChI is InChI=1S/C23H27NO9/c1-24-7-6-23-10-3-5-13(31-22-17(28)15(26)16(27)19(33-22)21(29)30)20(23)32-18-12(25)4-2-9(14(18)23)8-11(10)24/h2-5,10-11,13,15-17,19-20,22,25-28H,6-8H2,1H3,(H,29,30)/t10?,11-,13+,15+,16+,17-,19+,20+,22+,23+/m1/s1. The first-order chi connectivity index (χ1) is 15.7. The molecular weight excluding hydrogens is 434 g/mol. The van der Waals surface area contributed by atoms with E-state index in [1.54, 1.807) is 6.07 Å². The smallest absolute Gasteiger partial charge is 0.335 e. The van der Waals surface area contributed by atoms with Gasteiger partial charge in [-0.05, 0) is 38.1 Å². The fourth-order valence-corrected chi connectivity index (χ4v) is 6.66. The van der Waals surface area contributed by atoms with E-state index >= 15 is 0 Å². The van der Waals surface area contributed by atoms with Crippen molar-refractivity contribution in [3.8, 4) is 11.5 Å². The molecule has 178 valence electrons. The van der Waals surface area contributed by atoms with Crippen LogP contribution in [0.4, 0.5) is 0 Å². The summed E-state index contributed by atoms with van der Waals surface area (Å²) >= 11 is 0. The van der Waals surface area contributed by atoms with E-state index in [2.05, 4.69) is 18.0 Å². The Balaban J connectivity index is 1.38. The molecule has 3 aliphatic heterocycles. The molecule has 10 heteroatoms. The molecule has 10 nitrogen and oxygen atoms in total. The van der Waals surface area contributed by atoms with Crippen molar-refractivity contribution >= 4 is 5.97 Å². The number of phenolic OH excluding ortho intramolecular Hbond substituents is 1. The number of ether oxygens (including phenoxy) is 3. The molecule has 1 unspecified atom stereocenters. The number of aliphatic hydroxyl groups excluding tert-OH is 3. The highest BCUT2D eigenvalue weighted by atomic mass is 16.7. The van der Waals surface area contributed by atoms with Crippen LogP contribution in [0, 0.1) is 5.92 Å². The van der Waals surface area contributed by atoms with Crippen molar-refractivity contribution in [1.29, 1.82) is 0 Å². The Morgan fingerprint density at radius 2 is 1.97 bits per heavy atom. The molecule has 1 spiro atoms. The van der Waals surface area contributed by atoms with Crippen molar-refractivity contribution in [1.82, 2.24) is 4.90 Å². The van der Waals surface area contributed by atoms with E-state index in [0.717, 1.165) is 30.5 Å². The molecule has 2 fully saturated rings. The number of nitrogens with zero attached hydrogens (tertiary/aromatic N) is 1. The van der Waals surface area contributed by atoms with Crippen LogP contribution in [0.25, 0.3) is 0 Å². The maximum atomic E-state index is 11.5. The van der Waals surface area contributed by atoms with Crippen molar-refractivity contribution in [2.45, 2.75) is 67.2 Å². The van der Waals surface area contributed by atoms with Gasteiger partial charge in [0, 0.05) is 22.9 Å². The van der Waals surface area contributed by atoms with E-state index in [1.165, 1.54) is 0 Å². The van der Waals surface area contributed by atoms with Crippen LogP contribution in [0.1, 0.15) is 17.5 Å². The Bertz CT molecular complexity index is 1030. The topological polar surface area (TPSA) is 149 Å². The number of aromatic hydroxyl groups is 1. The normalized spacial score (nSPS) is 45.4. The van der Waals surface area contributed by atoms with Gasteiger partial charge in [-0.15, -0.1) is 0 Å². The van der Waals surface area contributed by atoms with Gasteiger partial charge in [-0.2, -0.15) is 0 Å². The SMILES string of the molecule is CN1CC[C@]23c4c5ccc(O)c4O[C@H]2[C@@H](O[C@H]2O[C@H](C(=O)O)[C@@H](O)[C@H](O)[C@H]2O)C=CC3[C@H]1C5. The predicted molar refractivity (Wildman–Crippen MR) is 111 cm³/mol. The summed E-state index contributed by atoms with van der Waals surface area (Å²) in [4.78, 5) is 13.8. The number of rotatable bonds is 3. The van der Waals surface area contributed by atoms with E-state index in [-0.39, 0.29) is 17.7 Å². The molecule has 33 heavy (non-hydrogen) atoms. The molecule has 0 aromatic heterocycles. The minimum atomic E-state index is -1.79. The van der Waals surface area contributed by atoms with E-state index in [9.17, 15) is 30.3 Å². The van der Waals surface area contributed by atoms with Gasteiger partial charge in [0.1, 0.15) is 30.5 Å². The summed E-state index contributed by atoms with van der Waals surface area (Å²) in [5.41, 5.74) is 1.69. The molecule has 3 heterocycles. The minimum Gasteiger partial charge on any atom is -0.504 e. The third-order valence-corrected chi connectivity index (χ3v) is 8.23. The van der Waals surface area contributed by atoms with Gasteiger partial charge in [-0.25, -0.2) is 4.79 Å². The first kappa shape index (κ1) is 21.3. The second-order valence-corrected chi connectivity index (χ2v) is 9.78. The second-order valence-electron chi connectivity index (χ2n) is 9.78. The molecular formula is C23H27NO9. The number of likely N-dealkylation sites (N-methyl/N-ethyl adjacent to an activating group) is 1. The number of carboxylic acid groups (broad SMARTS) is 1. The summed E-state index contributed by atoms with van der Waals surface area (Å²) in [5, 5.41) is 50.5. The molecule has 2 bridgehead atoms. The number of hydrogen-bond acceptors (Lipinski definition) is 9. The number of carbonyl (C=O) groups is 1. The summed E-state index contributed by atoms with van der Waals surface area (Å²) in [5.74, 6) is -0.824. The van der Waals surface area contributed by atoms with Crippen molar-refractivity contribution in [3.05, 3.63) is 35.4 Å². The summed E-state index contributed by atoms with van der Waals surface area (Å²) in [6.07, 6.45) is -4.16. The summed E-state index contributed by atoms with van der Waals surface area (Å²) in [6, 6.07) is 3.85. The van der Waals surface area contributed by atoms with Crippen LogP contribution in [0.2, 0.25) is 0 Å². The zero-order chi connectivity index (χ0) is 23.2. The van der Waals surface area contributed by atoms with E-state index in [4.69, 9.17) is 14.2 Å². The van der Waals surface area contributed by atoms with Gasteiger partial charge >= 0.3 is 5.97 Å². The van der Waals surface area contributed by atoms with Gasteiger partial charge in [-0.1, -0.05) is 18.2 Å². The predicted octanol–water partition coefficient (Wildman–Crippen LogP) is -0.885. The second kappa shape index (κ2) is 7.14. The third-order valence-electron chi connectivity index (χ3n) is 8.23. The van der Waals surface area contributed by atoms with E-state index < -0.39 is 54.3 Å². The van der Waals surface area contributed by atoms with Crippen LogP contribution in [0.15, 0.2) is 24.3 Å². The third kappa shape index (κ3) is 2.73. The molecule has 0 radical (unpaired) electrons. The van der Waals surface area contributed by atoms with Crippen LogP contribution >= 0.6 is 0 Å². The number of phenols is 1. The van der Waals surface area contributed by atoms with Crippen molar-refractivity contribution in [2.75, 3.05) is 13.6 Å². The molecule has 5 aliphatic rings. The summed E-state index contributed by atoms with van der Waals surface area (Å²) < 4.78 is 17.7. The fraction of sp³-hybridized carbons (Fsp3) is 0.609. The number of carboxylic acids is 1. The van der Waals surface area contributed by atoms with Gasteiger partial charge in [-0.3, -0.25) is 0 Å². The minimum absolute atomic E-state index is 0.0610. The molecule has 2 saturated heterocycles. The van der Waals surface area contributed by atoms with Gasteiger partial charge in [0.15, 0.2) is 23.9 Å². The van der Waals surface area contributed by atoms with Gasteiger partial charge in [0.05, 0.1) is 0 Å². The van der Waals surface area contributed by atoms with Crippen LogP contribution < -0.4 is 4.74 Å². The molecule has 1 aromatic rings. The number of aliphatic carboxylic acids is 1. The Labute approximate surface area is 189 Å². The molecule has 2 aliphatic carbocycles. The maximum absolute atomic E-state index is 11.5. The van der Waals surface area contributed by atoms with E-state index in [1.807, 2.05) is 12.1 Å². The average Bonchev–Trinajstić information content (AvgIpc) is 3.14. The first-order valence-corrected chi connectivity index (χ1v) is 11.2. The summed E-state index contributed by atoms with van der Waals surface area (Å²) in [6.45, 7) is 0.838. The Hall–Kier alpha value is -2.21. The Kier molecular flexibility index (Phi) is 4.62. The lowest BCUT2D eigenvalue weighted by atomic mass is 9.53. The van der Waals surface area contributed by atoms with Crippen LogP contribution in [-0.4, -0.2) is 98.9 Å². The lowest BCUT2D eigenvalue weighted by Gasteiger charge is -2.57. The quantitative estimate of drug-likeness (QED) is 0.359. The molecule has 5 N–H and O–H groups in total. The van der Waals surface area contributed by atoms with Gasteiger partial charge in [0.2, 0.25) is 0 Å². The number of hydrogen-bond donors (Lipinski definition) is 5. The molecule has 10 atom stereocenters.